The molecule has 0 bridgehead atoms. The van der Waals surface area contributed by atoms with E-state index < -0.39 is 5.60 Å². The second-order valence-corrected chi connectivity index (χ2v) is 9.01. The van der Waals surface area contributed by atoms with E-state index in [1.54, 1.807) is 12.0 Å². The van der Waals surface area contributed by atoms with Gasteiger partial charge in [0.2, 0.25) is 5.90 Å². The largest absolute Gasteiger partial charge is 0.484 e. The van der Waals surface area contributed by atoms with Crippen LogP contribution in [0.4, 0.5) is 4.79 Å². The number of amides is 1. The van der Waals surface area contributed by atoms with Crippen LogP contribution in [0.15, 0.2) is 28.2 Å². The standard InChI is InChI=1S/C23H39N5O4/c1-7-16(13-26-20(8-2)30-6)27-12-10-19(24)18(15-27)21(25)31-17-9-11-28(14-17)22(29)32-23(3,4)5/h13,17,25H,7-12,14-15,24H2,1-6H3/b16-13+,25-21?,26-20+/t17-/m0/s1. The summed E-state index contributed by atoms with van der Waals surface area (Å²) in [5.74, 6) is 0.753. The van der Waals surface area contributed by atoms with E-state index in [-0.39, 0.29) is 18.1 Å². The fourth-order valence-corrected chi connectivity index (χ4v) is 3.63. The van der Waals surface area contributed by atoms with Crippen molar-refractivity contribution < 1.29 is 19.0 Å². The number of allylic oxidation sites excluding steroid dienone is 1. The van der Waals surface area contributed by atoms with E-state index in [1.807, 2.05) is 33.9 Å². The first kappa shape index (κ1) is 25.5. The third-order valence-corrected chi connectivity index (χ3v) is 5.41. The number of nitrogens with two attached hydrogens (primary N) is 1. The first-order valence-corrected chi connectivity index (χ1v) is 11.3. The van der Waals surface area contributed by atoms with E-state index in [2.05, 4.69) is 16.8 Å². The number of hydrogen-bond acceptors (Lipinski definition) is 8. The van der Waals surface area contributed by atoms with Gasteiger partial charge in [0.15, 0.2) is 5.90 Å². The average Bonchev–Trinajstić information content (AvgIpc) is 3.19. The number of carbonyl (C=O) groups excluding carboxylic acids is 1. The Hall–Kier alpha value is -2.71. The molecule has 2 rings (SSSR count). The van der Waals surface area contributed by atoms with Crippen molar-refractivity contribution in [2.45, 2.75) is 72.0 Å². The van der Waals surface area contributed by atoms with Gasteiger partial charge in [0.1, 0.15) is 11.7 Å². The number of aliphatic imine (C=N–C) groups is 1. The fourth-order valence-electron chi connectivity index (χ4n) is 3.63. The first-order chi connectivity index (χ1) is 15.1. The van der Waals surface area contributed by atoms with E-state index in [9.17, 15) is 4.79 Å². The number of carbonyl (C=O) groups is 1. The smallest absolute Gasteiger partial charge is 0.410 e. The SMILES string of the molecule is CC/C(=C\N=C(/CC)OC)N1CCC(N)=C(C(=N)O[C@H]2CCN(C(=O)OC(C)(C)C)C2)C1. The molecule has 32 heavy (non-hydrogen) atoms. The van der Waals surface area contributed by atoms with Gasteiger partial charge in [-0.1, -0.05) is 13.8 Å². The lowest BCUT2D eigenvalue weighted by Gasteiger charge is -2.33. The highest BCUT2D eigenvalue weighted by Crippen LogP contribution is 2.24. The number of methoxy groups -OCH3 is 1. The highest BCUT2D eigenvalue weighted by molar-refractivity contribution is 5.92. The van der Waals surface area contributed by atoms with Crippen molar-refractivity contribution in [1.82, 2.24) is 9.80 Å². The summed E-state index contributed by atoms with van der Waals surface area (Å²) in [6.07, 6.45) is 4.08. The summed E-state index contributed by atoms with van der Waals surface area (Å²) in [5, 5.41) is 8.53. The summed E-state index contributed by atoms with van der Waals surface area (Å²) in [6.45, 7) is 11.8. The zero-order valence-electron chi connectivity index (χ0n) is 20.4. The molecule has 0 saturated carbocycles. The van der Waals surface area contributed by atoms with Gasteiger partial charge in [-0.15, -0.1) is 0 Å². The Bertz CT molecular complexity index is 776. The van der Waals surface area contributed by atoms with E-state index in [4.69, 9.17) is 25.4 Å². The van der Waals surface area contributed by atoms with Crippen LogP contribution in [0.1, 0.15) is 60.3 Å². The topological polar surface area (TPSA) is 113 Å². The van der Waals surface area contributed by atoms with Gasteiger partial charge < -0.3 is 29.7 Å². The molecule has 0 aliphatic carbocycles. The van der Waals surface area contributed by atoms with Crippen LogP contribution in [-0.2, 0) is 14.2 Å². The van der Waals surface area contributed by atoms with Crippen LogP contribution in [0.3, 0.4) is 0 Å². The number of likely N-dealkylation sites (tertiary alicyclic amines) is 1. The molecule has 2 aliphatic rings. The number of nitrogens with zero attached hydrogens (tertiary/aromatic N) is 3. The summed E-state index contributed by atoms with van der Waals surface area (Å²) in [4.78, 5) is 20.5. The molecule has 1 amide bonds. The Morgan fingerprint density at radius 3 is 2.56 bits per heavy atom. The minimum atomic E-state index is -0.538. The molecule has 9 nitrogen and oxygen atoms in total. The number of rotatable bonds is 6. The fraction of sp³-hybridized carbons (Fsp3) is 0.696. The van der Waals surface area contributed by atoms with Crippen molar-refractivity contribution >= 4 is 17.9 Å². The molecular weight excluding hydrogens is 410 g/mol. The van der Waals surface area contributed by atoms with E-state index in [0.717, 1.165) is 25.1 Å². The van der Waals surface area contributed by atoms with Crippen molar-refractivity contribution in [1.29, 1.82) is 5.41 Å². The first-order valence-electron chi connectivity index (χ1n) is 11.3. The molecule has 0 aromatic rings. The maximum Gasteiger partial charge on any atom is 0.410 e. The van der Waals surface area contributed by atoms with Gasteiger partial charge in [0.05, 0.1) is 19.2 Å². The summed E-state index contributed by atoms with van der Waals surface area (Å²) in [5.41, 5.74) is 8.14. The molecule has 180 valence electrons. The lowest BCUT2D eigenvalue weighted by molar-refractivity contribution is 0.0273. The second-order valence-electron chi connectivity index (χ2n) is 9.01. The predicted molar refractivity (Wildman–Crippen MR) is 126 cm³/mol. The van der Waals surface area contributed by atoms with Gasteiger partial charge in [-0.05, 0) is 27.2 Å². The molecule has 2 aliphatic heterocycles. The maximum absolute atomic E-state index is 12.3. The minimum absolute atomic E-state index is 0.0772. The lowest BCUT2D eigenvalue weighted by atomic mass is 10.0. The van der Waals surface area contributed by atoms with Crippen LogP contribution in [0.5, 0.6) is 0 Å². The van der Waals surface area contributed by atoms with Gasteiger partial charge in [-0.25, -0.2) is 9.79 Å². The van der Waals surface area contributed by atoms with Gasteiger partial charge in [-0.2, -0.15) is 0 Å². The van der Waals surface area contributed by atoms with Crippen LogP contribution in [0.2, 0.25) is 0 Å². The van der Waals surface area contributed by atoms with Crippen LogP contribution in [0.25, 0.3) is 0 Å². The summed E-state index contributed by atoms with van der Waals surface area (Å²) < 4.78 is 16.6. The summed E-state index contributed by atoms with van der Waals surface area (Å²) >= 11 is 0. The van der Waals surface area contributed by atoms with Crippen molar-refractivity contribution in [3.8, 4) is 0 Å². The Kier molecular flexibility index (Phi) is 8.98. The lowest BCUT2D eigenvalue weighted by Crippen LogP contribution is -2.38. The molecule has 0 spiro atoms. The highest BCUT2D eigenvalue weighted by atomic mass is 16.6. The molecule has 0 aromatic heterocycles. The van der Waals surface area contributed by atoms with Crippen LogP contribution >= 0.6 is 0 Å². The Morgan fingerprint density at radius 2 is 1.97 bits per heavy atom. The van der Waals surface area contributed by atoms with Crippen molar-refractivity contribution in [2.24, 2.45) is 10.7 Å². The third kappa shape index (κ3) is 7.17. The zero-order valence-corrected chi connectivity index (χ0v) is 20.4. The van der Waals surface area contributed by atoms with Crippen molar-refractivity contribution in [2.75, 3.05) is 33.3 Å². The van der Waals surface area contributed by atoms with Crippen molar-refractivity contribution in [3.05, 3.63) is 23.2 Å². The van der Waals surface area contributed by atoms with Crippen LogP contribution in [-0.4, -0.2) is 72.7 Å². The Labute approximate surface area is 191 Å². The summed E-state index contributed by atoms with van der Waals surface area (Å²) in [6, 6.07) is 0. The molecular formula is C23H39N5O4. The van der Waals surface area contributed by atoms with Gasteiger partial charge in [0.25, 0.3) is 0 Å². The monoisotopic (exact) mass is 449 g/mol. The Balaban J connectivity index is 2.00. The average molecular weight is 450 g/mol. The normalized spacial score (nSPS) is 20.5. The van der Waals surface area contributed by atoms with E-state index in [0.29, 0.717) is 49.6 Å². The van der Waals surface area contributed by atoms with E-state index >= 15 is 0 Å². The minimum Gasteiger partial charge on any atom is -0.484 e. The molecule has 1 saturated heterocycles. The highest BCUT2D eigenvalue weighted by Gasteiger charge is 2.32. The second kappa shape index (κ2) is 11.2. The van der Waals surface area contributed by atoms with Gasteiger partial charge >= 0.3 is 6.09 Å². The molecule has 1 atom stereocenters. The van der Waals surface area contributed by atoms with Crippen LogP contribution in [0, 0.1) is 5.41 Å². The molecule has 2 heterocycles. The molecule has 0 radical (unpaired) electrons. The van der Waals surface area contributed by atoms with E-state index in [1.165, 1.54) is 0 Å². The molecule has 1 fully saturated rings. The molecule has 0 unspecified atom stereocenters. The summed E-state index contributed by atoms with van der Waals surface area (Å²) in [7, 11) is 1.62. The third-order valence-electron chi connectivity index (χ3n) is 5.41. The van der Waals surface area contributed by atoms with Crippen LogP contribution < -0.4 is 5.73 Å². The number of nitrogens with one attached hydrogen (secondary N) is 1. The molecule has 3 N–H and O–H groups in total. The number of hydrogen-bond donors (Lipinski definition) is 2. The van der Waals surface area contributed by atoms with Gasteiger partial charge in [0, 0.05) is 56.5 Å². The zero-order chi connectivity index (χ0) is 23.9. The quantitative estimate of drug-likeness (QED) is 0.473. The molecule has 9 heteroatoms. The molecule has 0 aromatic carbocycles. The predicted octanol–water partition coefficient (Wildman–Crippen LogP) is 3.61. The van der Waals surface area contributed by atoms with Crippen molar-refractivity contribution in [3.63, 3.8) is 0 Å². The van der Waals surface area contributed by atoms with Gasteiger partial charge in [-0.3, -0.25) is 5.41 Å². The maximum atomic E-state index is 12.3. The Morgan fingerprint density at radius 1 is 1.25 bits per heavy atom. The number of ether oxygens (including phenoxy) is 3.